The van der Waals surface area contributed by atoms with Gasteiger partial charge in [0.15, 0.2) is 0 Å². The Morgan fingerprint density at radius 3 is 2.56 bits per heavy atom. The molecule has 0 radical (unpaired) electrons. The third-order valence-electron chi connectivity index (χ3n) is 2.48. The third kappa shape index (κ3) is 3.95. The lowest BCUT2D eigenvalue weighted by atomic mass is 10.1. The summed E-state index contributed by atoms with van der Waals surface area (Å²) >= 11 is 9.31. The predicted molar refractivity (Wildman–Crippen MR) is 78.0 cm³/mol. The molecule has 0 aliphatic rings. The fourth-order valence-corrected chi connectivity index (χ4v) is 2.16. The molecule has 1 aromatic rings. The fourth-order valence-electron chi connectivity index (χ4n) is 1.65. The van der Waals surface area contributed by atoms with Gasteiger partial charge in [-0.1, -0.05) is 25.4 Å². The summed E-state index contributed by atoms with van der Waals surface area (Å²) in [4.78, 5) is 18.3. The monoisotopic (exact) mass is 332 g/mol. The van der Waals surface area contributed by atoms with Crippen LogP contribution in [0.4, 0.5) is 0 Å². The fraction of sp³-hybridized carbons (Fsp3) is 0.538. The SMILES string of the molecule is CC(C)CN(C(=O)c1cc(Br)cnc1Cl)C(C)C. The van der Waals surface area contributed by atoms with Gasteiger partial charge in [0.2, 0.25) is 0 Å². The molecule has 0 fully saturated rings. The van der Waals surface area contributed by atoms with E-state index >= 15 is 0 Å². The number of rotatable bonds is 4. The first-order valence-electron chi connectivity index (χ1n) is 5.95. The van der Waals surface area contributed by atoms with Crippen LogP contribution in [0.3, 0.4) is 0 Å². The third-order valence-corrected chi connectivity index (χ3v) is 3.22. The number of pyridine rings is 1. The summed E-state index contributed by atoms with van der Waals surface area (Å²) in [6.07, 6.45) is 1.58. The molecular weight excluding hydrogens is 316 g/mol. The Hall–Kier alpha value is -0.610. The number of nitrogens with zero attached hydrogens (tertiary/aromatic N) is 2. The second kappa shape index (κ2) is 6.53. The van der Waals surface area contributed by atoms with Crippen LogP contribution in [-0.2, 0) is 0 Å². The van der Waals surface area contributed by atoms with Gasteiger partial charge in [-0.15, -0.1) is 0 Å². The van der Waals surface area contributed by atoms with E-state index < -0.39 is 0 Å². The Bertz CT molecular complexity index is 435. The van der Waals surface area contributed by atoms with E-state index in [0.717, 1.165) is 4.47 Å². The van der Waals surface area contributed by atoms with Crippen LogP contribution in [0.25, 0.3) is 0 Å². The molecule has 0 bridgehead atoms. The summed E-state index contributed by atoms with van der Waals surface area (Å²) in [5.74, 6) is 0.340. The average molecular weight is 334 g/mol. The minimum Gasteiger partial charge on any atom is -0.336 e. The van der Waals surface area contributed by atoms with Gasteiger partial charge in [0.25, 0.3) is 5.91 Å². The normalized spacial score (nSPS) is 11.1. The van der Waals surface area contributed by atoms with E-state index in [1.54, 1.807) is 12.3 Å². The Labute approximate surface area is 122 Å². The van der Waals surface area contributed by atoms with Crippen molar-refractivity contribution in [3.05, 3.63) is 27.5 Å². The Morgan fingerprint density at radius 2 is 2.06 bits per heavy atom. The summed E-state index contributed by atoms with van der Waals surface area (Å²) < 4.78 is 0.753. The van der Waals surface area contributed by atoms with Gasteiger partial charge in [0.05, 0.1) is 5.56 Å². The van der Waals surface area contributed by atoms with Crippen LogP contribution in [0.15, 0.2) is 16.7 Å². The molecule has 3 nitrogen and oxygen atoms in total. The Morgan fingerprint density at radius 1 is 1.44 bits per heavy atom. The van der Waals surface area contributed by atoms with E-state index in [2.05, 4.69) is 34.8 Å². The van der Waals surface area contributed by atoms with Gasteiger partial charge in [-0.3, -0.25) is 4.79 Å². The molecule has 0 saturated heterocycles. The summed E-state index contributed by atoms with van der Waals surface area (Å²) in [6.45, 7) is 8.88. The van der Waals surface area contributed by atoms with Gasteiger partial charge in [0, 0.05) is 23.3 Å². The maximum absolute atomic E-state index is 12.5. The molecule has 18 heavy (non-hydrogen) atoms. The molecule has 0 unspecified atom stereocenters. The lowest BCUT2D eigenvalue weighted by Gasteiger charge is -2.28. The van der Waals surface area contributed by atoms with Crippen molar-refractivity contribution in [3.8, 4) is 0 Å². The highest BCUT2D eigenvalue weighted by atomic mass is 79.9. The van der Waals surface area contributed by atoms with Gasteiger partial charge in [-0.05, 0) is 41.8 Å². The summed E-state index contributed by atoms with van der Waals surface area (Å²) in [5.41, 5.74) is 0.445. The molecule has 5 heteroatoms. The predicted octanol–water partition coefficient (Wildman–Crippen LogP) is 4.00. The number of aromatic nitrogens is 1. The average Bonchev–Trinajstić information content (AvgIpc) is 2.27. The number of carbonyl (C=O) groups is 1. The molecule has 0 aliphatic carbocycles. The zero-order valence-corrected chi connectivity index (χ0v) is 13.4. The molecule has 0 N–H and O–H groups in total. The molecule has 1 aromatic heterocycles. The molecule has 0 saturated carbocycles. The second-order valence-corrected chi connectivity index (χ2v) is 6.21. The zero-order valence-electron chi connectivity index (χ0n) is 11.1. The quantitative estimate of drug-likeness (QED) is 0.780. The Balaban J connectivity index is 3.05. The highest BCUT2D eigenvalue weighted by Crippen LogP contribution is 2.21. The van der Waals surface area contributed by atoms with Crippen molar-refractivity contribution in [1.82, 2.24) is 9.88 Å². The van der Waals surface area contributed by atoms with Crippen molar-refractivity contribution in [2.24, 2.45) is 5.92 Å². The number of carbonyl (C=O) groups excluding carboxylic acids is 1. The maximum atomic E-state index is 12.5. The molecule has 1 amide bonds. The van der Waals surface area contributed by atoms with Gasteiger partial charge in [-0.2, -0.15) is 0 Å². The van der Waals surface area contributed by atoms with E-state index in [-0.39, 0.29) is 17.1 Å². The van der Waals surface area contributed by atoms with Crippen LogP contribution in [0.5, 0.6) is 0 Å². The standard InChI is InChI=1S/C13H18BrClN2O/c1-8(2)7-17(9(3)4)13(18)11-5-10(14)6-16-12(11)15/h5-6,8-9H,7H2,1-4H3. The highest BCUT2D eigenvalue weighted by molar-refractivity contribution is 9.10. The molecule has 1 rings (SSSR count). The molecule has 100 valence electrons. The van der Waals surface area contributed by atoms with E-state index in [9.17, 15) is 4.79 Å². The molecule has 0 aliphatic heterocycles. The van der Waals surface area contributed by atoms with Crippen LogP contribution in [0.2, 0.25) is 5.15 Å². The maximum Gasteiger partial charge on any atom is 0.257 e. The number of hydrogen-bond acceptors (Lipinski definition) is 2. The minimum absolute atomic E-state index is 0.0718. The van der Waals surface area contributed by atoms with Crippen molar-refractivity contribution in [2.45, 2.75) is 33.7 Å². The van der Waals surface area contributed by atoms with Crippen LogP contribution in [0, 0.1) is 5.92 Å². The first kappa shape index (κ1) is 15.4. The van der Waals surface area contributed by atoms with Crippen molar-refractivity contribution in [2.75, 3.05) is 6.54 Å². The largest absolute Gasteiger partial charge is 0.336 e. The first-order valence-corrected chi connectivity index (χ1v) is 7.12. The molecule has 1 heterocycles. The second-order valence-electron chi connectivity index (χ2n) is 4.94. The van der Waals surface area contributed by atoms with E-state index in [0.29, 0.717) is 18.0 Å². The summed E-state index contributed by atoms with van der Waals surface area (Å²) in [6, 6.07) is 1.85. The lowest BCUT2D eigenvalue weighted by Crippen LogP contribution is -2.39. The van der Waals surface area contributed by atoms with Crippen LogP contribution in [0.1, 0.15) is 38.1 Å². The molecule has 0 aromatic carbocycles. The van der Waals surface area contributed by atoms with Crippen molar-refractivity contribution in [1.29, 1.82) is 0 Å². The van der Waals surface area contributed by atoms with Crippen molar-refractivity contribution < 1.29 is 4.79 Å². The minimum atomic E-state index is -0.0718. The van der Waals surface area contributed by atoms with Crippen LogP contribution >= 0.6 is 27.5 Å². The van der Waals surface area contributed by atoms with Crippen molar-refractivity contribution >= 4 is 33.4 Å². The summed E-state index contributed by atoms with van der Waals surface area (Å²) in [5, 5.41) is 0.248. The number of amides is 1. The molecule has 0 atom stereocenters. The Kier molecular flexibility index (Phi) is 5.60. The van der Waals surface area contributed by atoms with Gasteiger partial charge in [0.1, 0.15) is 5.15 Å². The zero-order chi connectivity index (χ0) is 13.9. The summed E-state index contributed by atoms with van der Waals surface area (Å²) in [7, 11) is 0. The molecular formula is C13H18BrClN2O. The van der Waals surface area contributed by atoms with Crippen molar-refractivity contribution in [3.63, 3.8) is 0 Å². The van der Waals surface area contributed by atoms with Crippen LogP contribution in [-0.4, -0.2) is 28.4 Å². The van der Waals surface area contributed by atoms with E-state index in [1.165, 1.54) is 0 Å². The number of hydrogen-bond donors (Lipinski definition) is 0. The van der Waals surface area contributed by atoms with Gasteiger partial charge in [-0.25, -0.2) is 4.98 Å². The topological polar surface area (TPSA) is 33.2 Å². The van der Waals surface area contributed by atoms with E-state index in [4.69, 9.17) is 11.6 Å². The molecule has 0 spiro atoms. The highest BCUT2D eigenvalue weighted by Gasteiger charge is 2.22. The van der Waals surface area contributed by atoms with Gasteiger partial charge >= 0.3 is 0 Å². The first-order chi connectivity index (χ1) is 8.32. The smallest absolute Gasteiger partial charge is 0.257 e. The van der Waals surface area contributed by atoms with E-state index in [1.807, 2.05) is 18.7 Å². The van der Waals surface area contributed by atoms with Gasteiger partial charge < -0.3 is 4.90 Å². The number of halogens is 2. The lowest BCUT2D eigenvalue weighted by molar-refractivity contribution is 0.0681. The van der Waals surface area contributed by atoms with Crippen LogP contribution < -0.4 is 0 Å².